The van der Waals surface area contributed by atoms with Crippen LogP contribution in [0.2, 0.25) is 0 Å². The summed E-state index contributed by atoms with van der Waals surface area (Å²) in [6.07, 6.45) is 7.33. The molecule has 3 heterocycles. The van der Waals surface area contributed by atoms with Gasteiger partial charge in [-0.3, -0.25) is 4.79 Å². The number of carbonyl (C=O) groups excluding carboxylic acids is 1. The van der Waals surface area contributed by atoms with Crippen molar-refractivity contribution in [3.8, 4) is 0 Å². The summed E-state index contributed by atoms with van der Waals surface area (Å²) in [5, 5.41) is 3.16. The third-order valence-corrected chi connectivity index (χ3v) is 6.42. The highest BCUT2D eigenvalue weighted by Gasteiger charge is 2.26. The van der Waals surface area contributed by atoms with Crippen LogP contribution < -0.4 is 10.2 Å². The first kappa shape index (κ1) is 21.6. The standard InChI is InChI=1S/C25H35N5O/c1-3-4-15-28(2)16-8-14-26-25(31)20-12-18-29(19-13-20)24-23-11-7-17-30(23)22-10-6-5-9-21(22)27-24/h5-7,9-11,17,20H,3-4,8,12-16,18-19H2,1-2H3,(H,26,31). The van der Waals surface area contributed by atoms with Crippen molar-refractivity contribution in [2.75, 3.05) is 44.7 Å². The Morgan fingerprint density at radius 2 is 1.84 bits per heavy atom. The van der Waals surface area contributed by atoms with Crippen molar-refractivity contribution >= 4 is 28.3 Å². The molecule has 0 aliphatic carbocycles. The number of para-hydroxylation sites is 2. The van der Waals surface area contributed by atoms with Crippen LogP contribution in [0.4, 0.5) is 5.82 Å². The van der Waals surface area contributed by atoms with E-state index in [4.69, 9.17) is 4.98 Å². The molecule has 31 heavy (non-hydrogen) atoms. The molecule has 3 aromatic rings. The maximum absolute atomic E-state index is 12.6. The normalized spacial score (nSPS) is 15.3. The van der Waals surface area contributed by atoms with Gasteiger partial charge in [0.25, 0.3) is 0 Å². The molecule has 1 aliphatic rings. The van der Waals surface area contributed by atoms with E-state index >= 15 is 0 Å². The molecule has 1 fully saturated rings. The monoisotopic (exact) mass is 421 g/mol. The third-order valence-electron chi connectivity index (χ3n) is 6.42. The number of anilines is 1. The number of unbranched alkanes of at least 4 members (excludes halogenated alkanes) is 1. The van der Waals surface area contributed by atoms with E-state index in [2.05, 4.69) is 70.0 Å². The SMILES string of the molecule is CCCCN(C)CCCNC(=O)C1CCN(c2nc3ccccc3n3cccc23)CC1. The molecule has 4 rings (SSSR count). The summed E-state index contributed by atoms with van der Waals surface area (Å²) in [6.45, 7) is 6.90. The zero-order valence-corrected chi connectivity index (χ0v) is 18.9. The van der Waals surface area contributed by atoms with Gasteiger partial charge in [-0.15, -0.1) is 0 Å². The molecule has 0 radical (unpaired) electrons. The van der Waals surface area contributed by atoms with Crippen molar-refractivity contribution in [3.63, 3.8) is 0 Å². The molecule has 1 N–H and O–H groups in total. The van der Waals surface area contributed by atoms with Crippen LogP contribution in [0.1, 0.15) is 39.0 Å². The number of amides is 1. The van der Waals surface area contributed by atoms with Crippen molar-refractivity contribution < 1.29 is 4.79 Å². The molecule has 2 aromatic heterocycles. The van der Waals surface area contributed by atoms with Gasteiger partial charge in [-0.05, 0) is 70.1 Å². The Hall–Kier alpha value is -2.60. The summed E-state index contributed by atoms with van der Waals surface area (Å²) < 4.78 is 2.22. The molecule has 1 aliphatic heterocycles. The van der Waals surface area contributed by atoms with Crippen LogP contribution in [0.5, 0.6) is 0 Å². The molecule has 0 spiro atoms. The average molecular weight is 422 g/mol. The second-order valence-electron chi connectivity index (χ2n) is 8.75. The maximum atomic E-state index is 12.6. The summed E-state index contributed by atoms with van der Waals surface area (Å²) in [6, 6.07) is 12.5. The summed E-state index contributed by atoms with van der Waals surface area (Å²) >= 11 is 0. The molecule has 166 valence electrons. The van der Waals surface area contributed by atoms with Crippen LogP contribution in [0, 0.1) is 5.92 Å². The van der Waals surface area contributed by atoms with E-state index < -0.39 is 0 Å². The topological polar surface area (TPSA) is 52.9 Å². The molecule has 0 saturated carbocycles. The Morgan fingerprint density at radius 3 is 2.65 bits per heavy atom. The average Bonchev–Trinajstić information content (AvgIpc) is 3.30. The Balaban J connectivity index is 1.31. The lowest BCUT2D eigenvalue weighted by Gasteiger charge is -2.32. The summed E-state index contributed by atoms with van der Waals surface area (Å²) in [5.74, 6) is 1.35. The number of aromatic nitrogens is 2. The lowest BCUT2D eigenvalue weighted by Crippen LogP contribution is -2.41. The van der Waals surface area contributed by atoms with Gasteiger partial charge < -0.3 is 19.5 Å². The van der Waals surface area contributed by atoms with E-state index in [0.717, 1.165) is 74.4 Å². The van der Waals surface area contributed by atoms with Crippen molar-refractivity contribution in [1.29, 1.82) is 0 Å². The predicted octanol–water partition coefficient (Wildman–Crippen LogP) is 3.94. The number of piperidine rings is 1. The van der Waals surface area contributed by atoms with E-state index in [1.807, 2.05) is 6.07 Å². The zero-order valence-electron chi connectivity index (χ0n) is 18.9. The minimum Gasteiger partial charge on any atom is -0.356 e. The van der Waals surface area contributed by atoms with Gasteiger partial charge in [0.05, 0.1) is 16.6 Å². The van der Waals surface area contributed by atoms with Gasteiger partial charge in [0, 0.05) is 31.7 Å². The predicted molar refractivity (Wildman–Crippen MR) is 128 cm³/mol. The second-order valence-corrected chi connectivity index (χ2v) is 8.75. The first-order valence-corrected chi connectivity index (χ1v) is 11.7. The van der Waals surface area contributed by atoms with Gasteiger partial charge in [0.15, 0.2) is 5.82 Å². The molecule has 1 amide bonds. The van der Waals surface area contributed by atoms with Crippen LogP contribution >= 0.6 is 0 Å². The van der Waals surface area contributed by atoms with Gasteiger partial charge in [-0.1, -0.05) is 25.5 Å². The largest absolute Gasteiger partial charge is 0.356 e. The van der Waals surface area contributed by atoms with E-state index in [0.29, 0.717) is 0 Å². The molecular weight excluding hydrogens is 386 g/mol. The van der Waals surface area contributed by atoms with E-state index in [1.54, 1.807) is 0 Å². The van der Waals surface area contributed by atoms with Gasteiger partial charge in [-0.2, -0.15) is 0 Å². The quantitative estimate of drug-likeness (QED) is 0.532. The Kier molecular flexibility index (Phi) is 7.07. The number of rotatable bonds is 9. The first-order chi connectivity index (χ1) is 15.2. The molecule has 0 atom stereocenters. The molecule has 6 heteroatoms. The summed E-state index contributed by atoms with van der Waals surface area (Å²) in [4.78, 5) is 22.3. The number of hydrogen-bond donors (Lipinski definition) is 1. The summed E-state index contributed by atoms with van der Waals surface area (Å²) in [5.41, 5.74) is 3.26. The highest BCUT2D eigenvalue weighted by molar-refractivity contribution is 5.85. The van der Waals surface area contributed by atoms with Crippen LogP contribution in [0.3, 0.4) is 0 Å². The van der Waals surface area contributed by atoms with Crippen molar-refractivity contribution in [2.24, 2.45) is 5.92 Å². The Morgan fingerprint density at radius 1 is 1.10 bits per heavy atom. The number of nitrogens with zero attached hydrogens (tertiary/aromatic N) is 4. The van der Waals surface area contributed by atoms with Crippen molar-refractivity contribution in [1.82, 2.24) is 19.6 Å². The third kappa shape index (κ3) is 5.01. The number of nitrogens with one attached hydrogen (secondary N) is 1. The van der Waals surface area contributed by atoms with Gasteiger partial charge in [-0.25, -0.2) is 4.98 Å². The lowest BCUT2D eigenvalue weighted by molar-refractivity contribution is -0.125. The van der Waals surface area contributed by atoms with Crippen LogP contribution in [0.25, 0.3) is 16.6 Å². The fraction of sp³-hybridized carbons (Fsp3) is 0.520. The number of hydrogen-bond acceptors (Lipinski definition) is 4. The van der Waals surface area contributed by atoms with Crippen LogP contribution in [-0.2, 0) is 4.79 Å². The zero-order chi connectivity index (χ0) is 21.6. The summed E-state index contributed by atoms with van der Waals surface area (Å²) in [7, 11) is 2.16. The van der Waals surface area contributed by atoms with Crippen molar-refractivity contribution in [2.45, 2.75) is 39.0 Å². The molecule has 0 bridgehead atoms. The van der Waals surface area contributed by atoms with Crippen LogP contribution in [-0.4, -0.2) is 60.0 Å². The molecular formula is C25H35N5O. The smallest absolute Gasteiger partial charge is 0.223 e. The second kappa shape index (κ2) is 10.1. The van der Waals surface area contributed by atoms with Gasteiger partial charge in [0.1, 0.15) is 0 Å². The lowest BCUT2D eigenvalue weighted by atomic mass is 9.96. The van der Waals surface area contributed by atoms with Gasteiger partial charge in [0.2, 0.25) is 5.91 Å². The fourth-order valence-electron chi connectivity index (χ4n) is 4.54. The first-order valence-electron chi connectivity index (χ1n) is 11.7. The van der Waals surface area contributed by atoms with Crippen LogP contribution in [0.15, 0.2) is 42.6 Å². The van der Waals surface area contributed by atoms with Crippen molar-refractivity contribution in [3.05, 3.63) is 42.6 Å². The molecule has 1 saturated heterocycles. The number of fused-ring (bicyclic) bond motifs is 3. The van der Waals surface area contributed by atoms with E-state index in [9.17, 15) is 4.79 Å². The minimum absolute atomic E-state index is 0.109. The fourth-order valence-corrected chi connectivity index (χ4v) is 4.54. The van der Waals surface area contributed by atoms with E-state index in [1.165, 1.54) is 12.8 Å². The maximum Gasteiger partial charge on any atom is 0.223 e. The highest BCUT2D eigenvalue weighted by Crippen LogP contribution is 2.29. The molecule has 6 nitrogen and oxygen atoms in total. The van der Waals surface area contributed by atoms with E-state index in [-0.39, 0.29) is 11.8 Å². The number of benzene rings is 1. The highest BCUT2D eigenvalue weighted by atomic mass is 16.1. The number of carbonyl (C=O) groups is 1. The molecule has 0 unspecified atom stereocenters. The van der Waals surface area contributed by atoms with Gasteiger partial charge >= 0.3 is 0 Å². The minimum atomic E-state index is 0.109. The molecule has 1 aromatic carbocycles. The Labute approximate surface area is 185 Å². The Bertz CT molecular complexity index is 1010.